The van der Waals surface area contributed by atoms with Gasteiger partial charge in [0.1, 0.15) is 12.0 Å². The number of carbonyl (C=O) groups excluding carboxylic acids is 1. The van der Waals surface area contributed by atoms with Crippen LogP contribution in [-0.4, -0.2) is 33.7 Å². The van der Waals surface area contributed by atoms with E-state index in [0.29, 0.717) is 5.82 Å². The number of sulfonamides is 1. The second-order valence-corrected chi connectivity index (χ2v) is 6.44. The number of hydrogen-bond donors (Lipinski definition) is 1. The van der Waals surface area contributed by atoms with Gasteiger partial charge in [-0.1, -0.05) is 18.2 Å². The highest BCUT2D eigenvalue weighted by atomic mass is 32.2. The lowest BCUT2D eigenvalue weighted by Crippen LogP contribution is -2.30. The Hall–Kier alpha value is -2.94. The molecular weight excluding hydrogens is 318 g/mol. The first-order valence-electron chi connectivity index (χ1n) is 6.62. The number of hydrogen-bond acceptors (Lipinski definition) is 5. The van der Waals surface area contributed by atoms with E-state index in [1.54, 1.807) is 42.2 Å². The Morgan fingerprint density at radius 2 is 1.91 bits per heavy atom. The van der Waals surface area contributed by atoms with Gasteiger partial charge >= 0.3 is 0 Å². The number of imidazole rings is 1. The van der Waals surface area contributed by atoms with Crippen molar-refractivity contribution >= 4 is 15.9 Å². The Balaban J connectivity index is 1.81. The molecule has 0 fully saturated rings. The zero-order chi connectivity index (χ0) is 16.4. The number of carbonyl (C=O) groups is 1. The number of rotatable bonds is 4. The van der Waals surface area contributed by atoms with Crippen molar-refractivity contribution in [3.8, 4) is 5.82 Å². The number of nitrogens with one attached hydrogen (secondary N) is 1. The zero-order valence-corrected chi connectivity index (χ0v) is 12.9. The molecule has 0 unspecified atom stereocenters. The molecule has 0 aliphatic carbocycles. The van der Waals surface area contributed by atoms with Gasteiger partial charge in [-0.25, -0.2) is 18.1 Å². The van der Waals surface area contributed by atoms with E-state index >= 15 is 0 Å². The highest BCUT2D eigenvalue weighted by molar-refractivity contribution is 7.90. The molecule has 9 heteroatoms. The SMILES string of the molecule is Cn1ccc(-n2cnc(C(=O)NS(=O)(=O)c3ccccc3)c2)n1. The van der Waals surface area contributed by atoms with Crippen LogP contribution in [0.5, 0.6) is 0 Å². The summed E-state index contributed by atoms with van der Waals surface area (Å²) in [6, 6.07) is 9.40. The molecule has 0 aliphatic heterocycles. The van der Waals surface area contributed by atoms with E-state index < -0.39 is 15.9 Å². The molecule has 23 heavy (non-hydrogen) atoms. The highest BCUT2D eigenvalue weighted by Crippen LogP contribution is 2.09. The normalized spacial score (nSPS) is 11.3. The molecule has 8 nitrogen and oxygen atoms in total. The van der Waals surface area contributed by atoms with Crippen LogP contribution in [0.4, 0.5) is 0 Å². The van der Waals surface area contributed by atoms with Crippen molar-refractivity contribution in [1.29, 1.82) is 0 Å². The summed E-state index contributed by atoms with van der Waals surface area (Å²) >= 11 is 0. The average Bonchev–Trinajstić information content (AvgIpc) is 3.16. The Morgan fingerprint density at radius 3 is 2.57 bits per heavy atom. The fourth-order valence-electron chi connectivity index (χ4n) is 1.94. The molecule has 3 rings (SSSR count). The third kappa shape index (κ3) is 3.14. The van der Waals surface area contributed by atoms with Crippen molar-refractivity contribution in [2.75, 3.05) is 0 Å². The monoisotopic (exact) mass is 331 g/mol. The lowest BCUT2D eigenvalue weighted by Gasteiger charge is -2.04. The largest absolute Gasteiger partial charge is 0.288 e. The first-order chi connectivity index (χ1) is 11.0. The van der Waals surface area contributed by atoms with Crippen molar-refractivity contribution in [3.63, 3.8) is 0 Å². The van der Waals surface area contributed by atoms with Crippen LogP contribution in [0.2, 0.25) is 0 Å². The maximum atomic E-state index is 12.1. The molecular formula is C14H13N5O3S. The van der Waals surface area contributed by atoms with Crippen LogP contribution in [0.3, 0.4) is 0 Å². The minimum absolute atomic E-state index is 0.0116. The first-order valence-corrected chi connectivity index (χ1v) is 8.10. The quantitative estimate of drug-likeness (QED) is 0.759. The maximum absolute atomic E-state index is 12.1. The summed E-state index contributed by atoms with van der Waals surface area (Å²) in [7, 11) is -2.16. The van der Waals surface area contributed by atoms with Gasteiger partial charge in [-0.2, -0.15) is 5.10 Å². The summed E-state index contributed by atoms with van der Waals surface area (Å²) in [5.41, 5.74) is -0.0184. The minimum atomic E-state index is -3.93. The molecule has 2 aromatic heterocycles. The van der Waals surface area contributed by atoms with Gasteiger partial charge in [-0.05, 0) is 12.1 Å². The molecule has 1 N–H and O–H groups in total. The maximum Gasteiger partial charge on any atom is 0.285 e. The summed E-state index contributed by atoms with van der Waals surface area (Å²) in [4.78, 5) is 16.0. The summed E-state index contributed by atoms with van der Waals surface area (Å²) in [5, 5.41) is 4.17. The van der Waals surface area contributed by atoms with E-state index in [9.17, 15) is 13.2 Å². The number of aryl methyl sites for hydroxylation is 1. The van der Waals surface area contributed by atoms with Crippen molar-refractivity contribution in [3.05, 3.63) is 60.8 Å². The summed E-state index contributed by atoms with van der Waals surface area (Å²) in [5.74, 6) is -0.228. The van der Waals surface area contributed by atoms with Crippen molar-refractivity contribution in [2.24, 2.45) is 7.05 Å². The minimum Gasteiger partial charge on any atom is -0.288 e. The highest BCUT2D eigenvalue weighted by Gasteiger charge is 2.20. The lowest BCUT2D eigenvalue weighted by atomic mass is 10.4. The van der Waals surface area contributed by atoms with Crippen LogP contribution in [0.15, 0.2) is 60.0 Å². The van der Waals surface area contributed by atoms with Crippen LogP contribution in [0, 0.1) is 0 Å². The molecule has 0 aliphatic rings. The fourth-order valence-corrected chi connectivity index (χ4v) is 2.92. The lowest BCUT2D eigenvalue weighted by molar-refractivity contribution is 0.0977. The Kier molecular flexibility index (Phi) is 3.70. The van der Waals surface area contributed by atoms with E-state index in [2.05, 4.69) is 10.1 Å². The van der Waals surface area contributed by atoms with Gasteiger partial charge in [-0.3, -0.25) is 14.0 Å². The van der Waals surface area contributed by atoms with Crippen LogP contribution in [0.25, 0.3) is 5.82 Å². The van der Waals surface area contributed by atoms with Gasteiger partial charge in [0.25, 0.3) is 15.9 Å². The van der Waals surface area contributed by atoms with Crippen molar-refractivity contribution in [2.45, 2.75) is 4.90 Å². The van der Waals surface area contributed by atoms with E-state index in [0.717, 1.165) is 0 Å². The third-order valence-corrected chi connectivity index (χ3v) is 4.41. The zero-order valence-electron chi connectivity index (χ0n) is 12.1. The van der Waals surface area contributed by atoms with Crippen LogP contribution >= 0.6 is 0 Å². The predicted molar refractivity (Wildman–Crippen MR) is 81.4 cm³/mol. The molecule has 0 bridgehead atoms. The van der Waals surface area contributed by atoms with Crippen molar-refractivity contribution in [1.82, 2.24) is 24.1 Å². The predicted octanol–water partition coefficient (Wildman–Crippen LogP) is 0.724. The third-order valence-electron chi connectivity index (χ3n) is 3.06. The Bertz CT molecular complexity index is 944. The van der Waals surface area contributed by atoms with Gasteiger partial charge in [0.05, 0.1) is 4.90 Å². The standard InChI is InChI=1S/C14H13N5O3S/c1-18-8-7-13(16-18)19-9-12(15-10-19)14(20)17-23(21,22)11-5-3-2-4-6-11/h2-10H,1H3,(H,17,20). The Morgan fingerprint density at radius 1 is 1.17 bits per heavy atom. The molecule has 0 spiro atoms. The first kappa shape index (κ1) is 15.0. The van der Waals surface area contributed by atoms with E-state index in [4.69, 9.17) is 0 Å². The van der Waals surface area contributed by atoms with Crippen molar-refractivity contribution < 1.29 is 13.2 Å². The van der Waals surface area contributed by atoms with Gasteiger partial charge in [-0.15, -0.1) is 0 Å². The number of amides is 1. The van der Waals surface area contributed by atoms with E-state index in [1.165, 1.54) is 29.2 Å². The number of benzene rings is 1. The smallest absolute Gasteiger partial charge is 0.285 e. The summed E-state index contributed by atoms with van der Waals surface area (Å²) < 4.78 is 29.4. The summed E-state index contributed by atoms with van der Waals surface area (Å²) in [6.07, 6.45) is 4.56. The second-order valence-electron chi connectivity index (χ2n) is 4.76. The Labute approximate surface area is 132 Å². The molecule has 1 aromatic carbocycles. The van der Waals surface area contributed by atoms with Crippen LogP contribution < -0.4 is 4.72 Å². The second kappa shape index (κ2) is 5.69. The summed E-state index contributed by atoms with van der Waals surface area (Å²) in [6.45, 7) is 0. The number of nitrogens with zero attached hydrogens (tertiary/aromatic N) is 4. The van der Waals surface area contributed by atoms with Crippen LogP contribution in [0.1, 0.15) is 10.5 Å². The molecule has 0 saturated heterocycles. The molecule has 1 amide bonds. The van der Waals surface area contributed by atoms with E-state index in [1.807, 2.05) is 4.72 Å². The number of aromatic nitrogens is 4. The molecule has 2 heterocycles. The molecule has 0 saturated carbocycles. The van der Waals surface area contributed by atoms with Gasteiger partial charge in [0.15, 0.2) is 5.82 Å². The molecule has 3 aromatic rings. The molecule has 0 radical (unpaired) electrons. The topological polar surface area (TPSA) is 98.9 Å². The van der Waals surface area contributed by atoms with Gasteiger partial charge in [0.2, 0.25) is 0 Å². The fraction of sp³-hybridized carbons (Fsp3) is 0.0714. The van der Waals surface area contributed by atoms with Gasteiger partial charge in [0, 0.05) is 25.5 Å². The molecule has 118 valence electrons. The van der Waals surface area contributed by atoms with E-state index in [-0.39, 0.29) is 10.6 Å². The molecule has 0 atom stereocenters. The van der Waals surface area contributed by atoms with Crippen LogP contribution in [-0.2, 0) is 17.1 Å². The average molecular weight is 331 g/mol. The van der Waals surface area contributed by atoms with Gasteiger partial charge < -0.3 is 0 Å².